The Morgan fingerprint density at radius 2 is 1.65 bits per heavy atom. The zero-order valence-electron chi connectivity index (χ0n) is 9.24. The van der Waals surface area contributed by atoms with Crippen LogP contribution >= 0.6 is 0 Å². The van der Waals surface area contributed by atoms with E-state index < -0.39 is 11.6 Å². The number of rotatable bonds is 3. The van der Waals surface area contributed by atoms with Crippen LogP contribution < -0.4 is 5.73 Å². The second-order valence-corrected chi connectivity index (χ2v) is 3.97. The van der Waals surface area contributed by atoms with Crippen LogP contribution in [-0.2, 0) is 6.42 Å². The molecule has 0 heterocycles. The SMILES string of the molecule is NC(Cc1ccc(F)c(F)c1)c1ccccc1. The van der Waals surface area contributed by atoms with Crippen molar-refractivity contribution in [3.63, 3.8) is 0 Å². The molecule has 0 aromatic heterocycles. The molecule has 2 aromatic rings. The molecule has 2 aromatic carbocycles. The predicted molar refractivity (Wildman–Crippen MR) is 63.4 cm³/mol. The van der Waals surface area contributed by atoms with Crippen molar-refractivity contribution in [2.24, 2.45) is 5.73 Å². The number of benzene rings is 2. The molecule has 3 heteroatoms. The van der Waals surface area contributed by atoms with Gasteiger partial charge in [0.1, 0.15) is 0 Å². The molecule has 17 heavy (non-hydrogen) atoms. The first-order chi connectivity index (χ1) is 8.16. The van der Waals surface area contributed by atoms with Crippen LogP contribution in [0.5, 0.6) is 0 Å². The predicted octanol–water partition coefficient (Wildman–Crippen LogP) is 3.21. The van der Waals surface area contributed by atoms with Gasteiger partial charge in [-0.05, 0) is 29.7 Å². The normalized spacial score (nSPS) is 12.4. The summed E-state index contributed by atoms with van der Waals surface area (Å²) in [5, 5.41) is 0. The zero-order valence-corrected chi connectivity index (χ0v) is 9.24. The molecule has 0 saturated heterocycles. The molecule has 88 valence electrons. The summed E-state index contributed by atoms with van der Waals surface area (Å²) in [6, 6.07) is 13.2. The summed E-state index contributed by atoms with van der Waals surface area (Å²) in [5.74, 6) is -1.66. The Bertz CT molecular complexity index is 497. The van der Waals surface area contributed by atoms with Crippen molar-refractivity contribution in [3.8, 4) is 0 Å². The van der Waals surface area contributed by atoms with E-state index in [-0.39, 0.29) is 6.04 Å². The monoisotopic (exact) mass is 233 g/mol. The van der Waals surface area contributed by atoms with Crippen LogP contribution in [-0.4, -0.2) is 0 Å². The van der Waals surface area contributed by atoms with E-state index >= 15 is 0 Å². The van der Waals surface area contributed by atoms with Gasteiger partial charge in [0.05, 0.1) is 0 Å². The second-order valence-electron chi connectivity index (χ2n) is 3.97. The molecular formula is C14H13F2N. The number of halogens is 2. The molecule has 0 aliphatic heterocycles. The third-order valence-electron chi connectivity index (χ3n) is 2.67. The van der Waals surface area contributed by atoms with Crippen molar-refractivity contribution in [3.05, 3.63) is 71.3 Å². The first-order valence-electron chi connectivity index (χ1n) is 5.41. The highest BCUT2D eigenvalue weighted by atomic mass is 19.2. The Labute approximate surface area is 98.9 Å². The summed E-state index contributed by atoms with van der Waals surface area (Å²) in [5.41, 5.74) is 7.68. The van der Waals surface area contributed by atoms with E-state index in [2.05, 4.69) is 0 Å². The summed E-state index contributed by atoms with van der Waals surface area (Å²) >= 11 is 0. The molecule has 0 fully saturated rings. The lowest BCUT2D eigenvalue weighted by atomic mass is 10.00. The zero-order chi connectivity index (χ0) is 12.3. The van der Waals surface area contributed by atoms with E-state index in [4.69, 9.17) is 5.73 Å². The Hall–Kier alpha value is -1.74. The highest BCUT2D eigenvalue weighted by Gasteiger charge is 2.08. The minimum Gasteiger partial charge on any atom is -0.324 e. The van der Waals surface area contributed by atoms with Crippen molar-refractivity contribution in [2.75, 3.05) is 0 Å². The standard InChI is InChI=1S/C14H13F2N/c15-12-7-6-10(8-13(12)16)9-14(17)11-4-2-1-3-5-11/h1-8,14H,9,17H2. The maximum Gasteiger partial charge on any atom is 0.159 e. The third-order valence-corrected chi connectivity index (χ3v) is 2.67. The van der Waals surface area contributed by atoms with Gasteiger partial charge in [-0.15, -0.1) is 0 Å². The van der Waals surface area contributed by atoms with E-state index in [1.165, 1.54) is 6.07 Å². The van der Waals surface area contributed by atoms with E-state index in [9.17, 15) is 8.78 Å². The highest BCUT2D eigenvalue weighted by molar-refractivity contribution is 5.24. The lowest BCUT2D eigenvalue weighted by Gasteiger charge is -2.12. The van der Waals surface area contributed by atoms with Gasteiger partial charge in [0.15, 0.2) is 11.6 Å². The molecule has 0 bridgehead atoms. The Kier molecular flexibility index (Phi) is 3.49. The van der Waals surface area contributed by atoms with Gasteiger partial charge in [0, 0.05) is 6.04 Å². The lowest BCUT2D eigenvalue weighted by molar-refractivity contribution is 0.506. The molecule has 1 nitrogen and oxygen atoms in total. The van der Waals surface area contributed by atoms with Crippen LogP contribution in [0, 0.1) is 11.6 Å². The molecule has 0 radical (unpaired) electrons. The van der Waals surface area contributed by atoms with Gasteiger partial charge in [-0.25, -0.2) is 8.78 Å². The summed E-state index contributed by atoms with van der Waals surface area (Å²) < 4.78 is 25.8. The maximum absolute atomic E-state index is 13.0. The highest BCUT2D eigenvalue weighted by Crippen LogP contribution is 2.17. The molecule has 0 saturated carbocycles. The summed E-state index contributed by atoms with van der Waals surface area (Å²) in [6.07, 6.45) is 0.487. The van der Waals surface area contributed by atoms with Gasteiger partial charge in [0.25, 0.3) is 0 Å². The Morgan fingerprint density at radius 3 is 2.29 bits per heavy atom. The molecule has 1 atom stereocenters. The number of hydrogen-bond donors (Lipinski definition) is 1. The van der Waals surface area contributed by atoms with Gasteiger partial charge in [-0.3, -0.25) is 0 Å². The molecule has 2 N–H and O–H groups in total. The first kappa shape index (κ1) is 11.7. The van der Waals surface area contributed by atoms with Crippen molar-refractivity contribution in [1.29, 1.82) is 0 Å². The van der Waals surface area contributed by atoms with Crippen molar-refractivity contribution >= 4 is 0 Å². The van der Waals surface area contributed by atoms with Crippen LogP contribution in [0.1, 0.15) is 17.2 Å². The van der Waals surface area contributed by atoms with Gasteiger partial charge in [0.2, 0.25) is 0 Å². The minimum absolute atomic E-state index is 0.207. The van der Waals surface area contributed by atoms with Crippen LogP contribution in [0.25, 0.3) is 0 Å². The molecule has 0 spiro atoms. The number of nitrogens with two attached hydrogens (primary N) is 1. The van der Waals surface area contributed by atoms with Crippen LogP contribution in [0.15, 0.2) is 48.5 Å². The summed E-state index contributed by atoms with van der Waals surface area (Å²) in [6.45, 7) is 0. The molecular weight excluding hydrogens is 220 g/mol. The fraction of sp³-hybridized carbons (Fsp3) is 0.143. The van der Waals surface area contributed by atoms with Crippen molar-refractivity contribution < 1.29 is 8.78 Å². The van der Waals surface area contributed by atoms with Crippen molar-refractivity contribution in [2.45, 2.75) is 12.5 Å². The molecule has 1 unspecified atom stereocenters. The topological polar surface area (TPSA) is 26.0 Å². The smallest absolute Gasteiger partial charge is 0.159 e. The van der Waals surface area contributed by atoms with E-state index in [0.29, 0.717) is 12.0 Å². The van der Waals surface area contributed by atoms with Crippen LogP contribution in [0.4, 0.5) is 8.78 Å². The molecule has 0 amide bonds. The molecule has 0 aliphatic carbocycles. The Morgan fingerprint density at radius 1 is 0.941 bits per heavy atom. The van der Waals surface area contributed by atoms with Crippen LogP contribution in [0.2, 0.25) is 0 Å². The largest absolute Gasteiger partial charge is 0.324 e. The minimum atomic E-state index is -0.831. The average Bonchev–Trinajstić information content (AvgIpc) is 2.35. The summed E-state index contributed by atoms with van der Waals surface area (Å²) in [4.78, 5) is 0. The van der Waals surface area contributed by atoms with E-state index in [0.717, 1.165) is 11.6 Å². The van der Waals surface area contributed by atoms with Gasteiger partial charge in [-0.1, -0.05) is 36.4 Å². The fourth-order valence-corrected chi connectivity index (χ4v) is 1.74. The first-order valence-corrected chi connectivity index (χ1v) is 5.41. The van der Waals surface area contributed by atoms with Gasteiger partial charge >= 0.3 is 0 Å². The van der Waals surface area contributed by atoms with E-state index in [1.807, 2.05) is 30.3 Å². The maximum atomic E-state index is 13.0. The summed E-state index contributed by atoms with van der Waals surface area (Å²) in [7, 11) is 0. The molecule has 2 rings (SSSR count). The molecule has 0 aliphatic rings. The third kappa shape index (κ3) is 2.88. The van der Waals surface area contributed by atoms with E-state index in [1.54, 1.807) is 6.07 Å². The van der Waals surface area contributed by atoms with Crippen molar-refractivity contribution in [1.82, 2.24) is 0 Å². The van der Waals surface area contributed by atoms with Gasteiger partial charge < -0.3 is 5.73 Å². The number of hydrogen-bond acceptors (Lipinski definition) is 1. The van der Waals surface area contributed by atoms with Crippen LogP contribution in [0.3, 0.4) is 0 Å². The Balaban J connectivity index is 2.13. The fourth-order valence-electron chi connectivity index (χ4n) is 1.74. The quantitative estimate of drug-likeness (QED) is 0.865. The van der Waals surface area contributed by atoms with Gasteiger partial charge in [-0.2, -0.15) is 0 Å². The average molecular weight is 233 g/mol. The second kappa shape index (κ2) is 5.06. The lowest BCUT2D eigenvalue weighted by Crippen LogP contribution is -2.13.